The fourth-order valence-corrected chi connectivity index (χ4v) is 2.37. The summed E-state index contributed by atoms with van der Waals surface area (Å²) in [5.41, 5.74) is -0.131. The maximum Gasteiger partial charge on any atom is 0.291 e. The summed E-state index contributed by atoms with van der Waals surface area (Å²) in [6.45, 7) is 9.30. The van der Waals surface area contributed by atoms with Crippen LogP contribution in [0.2, 0.25) is 0 Å². The van der Waals surface area contributed by atoms with Crippen LogP contribution in [-0.2, 0) is 5.41 Å². The average molecular weight is 279 g/mol. The quantitative estimate of drug-likeness (QED) is 0.856. The minimum absolute atomic E-state index is 0.131. The number of likely N-dealkylation sites (tertiary alicyclic amines) is 1. The molecule has 6 heteroatoms. The fourth-order valence-electron chi connectivity index (χ4n) is 2.37. The first kappa shape index (κ1) is 15.0. The average Bonchev–Trinajstić information content (AvgIpc) is 2.83. The number of carbonyl (C=O) groups excluding carboxylic acids is 1. The molecule has 0 bridgehead atoms. The lowest BCUT2D eigenvalue weighted by Crippen LogP contribution is -2.47. The first-order chi connectivity index (χ1) is 9.27. The van der Waals surface area contributed by atoms with Gasteiger partial charge in [0, 0.05) is 24.0 Å². The number of H-pyrrole nitrogens is 1. The van der Waals surface area contributed by atoms with Crippen molar-refractivity contribution in [3.63, 3.8) is 0 Å². The molecule has 2 N–H and O–H groups in total. The number of carbonyl (C=O) groups is 1. The van der Waals surface area contributed by atoms with Crippen LogP contribution in [-0.4, -0.2) is 51.7 Å². The molecule has 0 saturated carbocycles. The maximum absolute atomic E-state index is 12.2. The summed E-state index contributed by atoms with van der Waals surface area (Å²) in [5, 5.41) is 9.91. The number of amides is 1. The van der Waals surface area contributed by atoms with E-state index in [1.807, 2.05) is 20.8 Å². The number of nitrogens with one attached hydrogen (secondary N) is 2. The van der Waals surface area contributed by atoms with Crippen molar-refractivity contribution in [2.75, 3.05) is 13.6 Å². The van der Waals surface area contributed by atoms with Crippen LogP contribution >= 0.6 is 0 Å². The Hall–Kier alpha value is -1.43. The van der Waals surface area contributed by atoms with E-state index in [9.17, 15) is 4.79 Å². The minimum Gasteiger partial charge on any atom is -0.346 e. The van der Waals surface area contributed by atoms with Crippen molar-refractivity contribution in [2.24, 2.45) is 0 Å². The van der Waals surface area contributed by atoms with E-state index < -0.39 is 0 Å². The van der Waals surface area contributed by atoms with Crippen LogP contribution in [0.25, 0.3) is 0 Å². The number of nitrogens with zero attached hydrogens (tertiary/aromatic N) is 3. The zero-order chi connectivity index (χ0) is 14.9. The van der Waals surface area contributed by atoms with Crippen molar-refractivity contribution in [3.8, 4) is 0 Å². The Balaban J connectivity index is 1.97. The zero-order valence-corrected chi connectivity index (χ0v) is 13.0. The molecule has 0 spiro atoms. The first-order valence-electron chi connectivity index (χ1n) is 7.21. The Morgan fingerprint density at radius 3 is 2.70 bits per heavy atom. The van der Waals surface area contributed by atoms with E-state index in [0.29, 0.717) is 6.04 Å². The minimum atomic E-state index is -0.182. The van der Waals surface area contributed by atoms with Gasteiger partial charge < -0.3 is 10.2 Å². The molecule has 0 aliphatic carbocycles. The van der Waals surface area contributed by atoms with Crippen LogP contribution in [0, 0.1) is 0 Å². The molecule has 1 aromatic rings. The van der Waals surface area contributed by atoms with Gasteiger partial charge in [-0.2, -0.15) is 0 Å². The molecular formula is C14H25N5O. The Kier molecular flexibility index (Phi) is 4.13. The Bertz CT molecular complexity index is 476. The largest absolute Gasteiger partial charge is 0.346 e. The van der Waals surface area contributed by atoms with Gasteiger partial charge in [-0.05, 0) is 26.8 Å². The molecule has 2 atom stereocenters. The van der Waals surface area contributed by atoms with E-state index in [-0.39, 0.29) is 23.2 Å². The molecule has 6 nitrogen and oxygen atoms in total. The van der Waals surface area contributed by atoms with Crippen molar-refractivity contribution in [3.05, 3.63) is 11.6 Å². The topological polar surface area (TPSA) is 73.9 Å². The maximum atomic E-state index is 12.2. The normalized spacial score (nSPS) is 24.6. The van der Waals surface area contributed by atoms with Gasteiger partial charge in [0.05, 0.1) is 0 Å². The zero-order valence-electron chi connectivity index (χ0n) is 13.0. The third-order valence-corrected chi connectivity index (χ3v) is 3.94. The lowest BCUT2D eigenvalue weighted by molar-refractivity contribution is 0.0886. The molecule has 2 unspecified atom stereocenters. The summed E-state index contributed by atoms with van der Waals surface area (Å²) >= 11 is 0. The third kappa shape index (κ3) is 3.36. The van der Waals surface area contributed by atoms with E-state index >= 15 is 0 Å². The summed E-state index contributed by atoms with van der Waals surface area (Å²) in [4.78, 5) is 18.8. The van der Waals surface area contributed by atoms with Gasteiger partial charge >= 0.3 is 0 Å². The third-order valence-electron chi connectivity index (χ3n) is 3.94. The highest BCUT2D eigenvalue weighted by Gasteiger charge is 2.26. The van der Waals surface area contributed by atoms with Crippen LogP contribution < -0.4 is 5.32 Å². The smallest absolute Gasteiger partial charge is 0.291 e. The second kappa shape index (κ2) is 5.52. The molecule has 0 aromatic carbocycles. The van der Waals surface area contributed by atoms with Gasteiger partial charge in [-0.25, -0.2) is 4.98 Å². The molecule has 1 aliphatic heterocycles. The van der Waals surface area contributed by atoms with Gasteiger partial charge in [0.1, 0.15) is 5.82 Å². The molecule has 1 aliphatic rings. The van der Waals surface area contributed by atoms with Crippen molar-refractivity contribution in [1.29, 1.82) is 0 Å². The first-order valence-corrected chi connectivity index (χ1v) is 7.21. The standard InChI is InChI=1S/C14H25N5O/c1-9-8-10(6-7-19(9)5)15-12(20)11-16-13(18-17-11)14(2,3)4/h9-10H,6-8H2,1-5H3,(H,15,20)(H,16,17,18). The van der Waals surface area contributed by atoms with Crippen LogP contribution in [0.1, 0.15) is 57.0 Å². The highest BCUT2D eigenvalue weighted by Crippen LogP contribution is 2.18. The van der Waals surface area contributed by atoms with E-state index in [1.54, 1.807) is 0 Å². The summed E-state index contributed by atoms with van der Waals surface area (Å²) in [7, 11) is 2.12. The number of piperidine rings is 1. The predicted molar refractivity (Wildman–Crippen MR) is 77.7 cm³/mol. The molecule has 2 rings (SSSR count). The van der Waals surface area contributed by atoms with Gasteiger partial charge in [0.2, 0.25) is 5.82 Å². The van der Waals surface area contributed by atoms with Gasteiger partial charge in [-0.3, -0.25) is 9.89 Å². The van der Waals surface area contributed by atoms with E-state index in [4.69, 9.17) is 0 Å². The number of hydrogen-bond acceptors (Lipinski definition) is 4. The molecule has 1 amide bonds. The summed E-state index contributed by atoms with van der Waals surface area (Å²) in [5.74, 6) is 0.791. The summed E-state index contributed by atoms with van der Waals surface area (Å²) < 4.78 is 0. The highest BCUT2D eigenvalue weighted by atomic mass is 16.2. The van der Waals surface area contributed by atoms with Gasteiger partial charge in [-0.1, -0.05) is 20.8 Å². The predicted octanol–water partition coefficient (Wildman–Crippen LogP) is 1.31. The Morgan fingerprint density at radius 2 is 2.15 bits per heavy atom. The molecule has 2 heterocycles. The second-order valence-corrected chi connectivity index (χ2v) is 6.78. The number of hydrogen-bond donors (Lipinski definition) is 2. The van der Waals surface area contributed by atoms with Crippen molar-refractivity contribution >= 4 is 5.91 Å². The van der Waals surface area contributed by atoms with Crippen LogP contribution in [0.5, 0.6) is 0 Å². The highest BCUT2D eigenvalue weighted by molar-refractivity contribution is 5.90. The molecule has 1 saturated heterocycles. The molecular weight excluding hydrogens is 254 g/mol. The lowest BCUT2D eigenvalue weighted by atomic mass is 9.96. The van der Waals surface area contributed by atoms with E-state index in [2.05, 4.69) is 39.4 Å². The molecule has 0 radical (unpaired) electrons. The molecule has 20 heavy (non-hydrogen) atoms. The summed E-state index contributed by atoms with van der Waals surface area (Å²) in [6.07, 6.45) is 1.95. The van der Waals surface area contributed by atoms with E-state index in [1.165, 1.54) is 0 Å². The molecule has 112 valence electrons. The monoisotopic (exact) mass is 279 g/mol. The van der Waals surface area contributed by atoms with Crippen LogP contribution in [0.4, 0.5) is 0 Å². The number of aromatic nitrogens is 3. The van der Waals surface area contributed by atoms with Crippen molar-refractivity contribution < 1.29 is 4.79 Å². The molecule has 1 aromatic heterocycles. The van der Waals surface area contributed by atoms with Gasteiger partial charge in [-0.15, -0.1) is 5.10 Å². The number of aromatic amines is 1. The van der Waals surface area contributed by atoms with Gasteiger partial charge in [0.15, 0.2) is 0 Å². The van der Waals surface area contributed by atoms with Gasteiger partial charge in [0.25, 0.3) is 5.91 Å². The van der Waals surface area contributed by atoms with Crippen molar-refractivity contribution in [2.45, 2.75) is 58.0 Å². The molecule has 1 fully saturated rings. The number of rotatable bonds is 2. The Labute approximate surface area is 120 Å². The van der Waals surface area contributed by atoms with Crippen LogP contribution in [0.3, 0.4) is 0 Å². The second-order valence-electron chi connectivity index (χ2n) is 6.78. The lowest BCUT2D eigenvalue weighted by Gasteiger charge is -2.35. The summed E-state index contributed by atoms with van der Waals surface area (Å²) in [6, 6.07) is 0.705. The fraction of sp³-hybridized carbons (Fsp3) is 0.786. The van der Waals surface area contributed by atoms with Crippen molar-refractivity contribution in [1.82, 2.24) is 25.4 Å². The Morgan fingerprint density at radius 1 is 1.45 bits per heavy atom. The van der Waals surface area contributed by atoms with Crippen LogP contribution in [0.15, 0.2) is 0 Å². The van der Waals surface area contributed by atoms with E-state index in [0.717, 1.165) is 25.2 Å². The SMILES string of the molecule is CC1CC(NC(=O)c2n[nH]c(C(C)(C)C)n2)CCN1C.